The Labute approximate surface area is 146 Å². The first-order valence-electron chi connectivity index (χ1n) is 8.04. The molecule has 0 atom stereocenters. The molecular weight excluding hydrogens is 324 g/mol. The summed E-state index contributed by atoms with van der Waals surface area (Å²) in [6, 6.07) is 16.3. The Hall–Kier alpha value is -2.33. The Bertz CT molecular complexity index is 708. The van der Waals surface area contributed by atoms with Gasteiger partial charge in [-0.1, -0.05) is 29.8 Å². The van der Waals surface area contributed by atoms with Crippen molar-refractivity contribution in [2.75, 3.05) is 18.4 Å². The number of rotatable bonds is 3. The van der Waals surface area contributed by atoms with Crippen LogP contribution in [0.25, 0.3) is 0 Å². The third-order valence-corrected chi connectivity index (χ3v) is 4.56. The molecule has 1 aliphatic heterocycles. The summed E-state index contributed by atoms with van der Waals surface area (Å²) in [7, 11) is 0. The van der Waals surface area contributed by atoms with E-state index in [-0.39, 0.29) is 17.7 Å². The molecule has 0 bridgehead atoms. The molecule has 1 N–H and O–H groups in total. The van der Waals surface area contributed by atoms with Gasteiger partial charge in [-0.3, -0.25) is 4.79 Å². The highest BCUT2D eigenvalue weighted by molar-refractivity contribution is 6.30. The number of piperidine rings is 1. The first kappa shape index (κ1) is 16.5. The highest BCUT2D eigenvalue weighted by Gasteiger charge is 2.27. The van der Waals surface area contributed by atoms with Crippen LogP contribution in [-0.4, -0.2) is 29.8 Å². The molecule has 0 aliphatic carbocycles. The fraction of sp³-hybridized carbons (Fsp3) is 0.263. The summed E-state index contributed by atoms with van der Waals surface area (Å²) in [4.78, 5) is 26.5. The second kappa shape index (κ2) is 7.49. The molecule has 2 amide bonds. The smallest absolute Gasteiger partial charge is 0.321 e. The molecule has 1 saturated heterocycles. The van der Waals surface area contributed by atoms with Crippen LogP contribution in [0.15, 0.2) is 54.6 Å². The van der Waals surface area contributed by atoms with Crippen molar-refractivity contribution in [3.8, 4) is 0 Å². The van der Waals surface area contributed by atoms with E-state index in [1.54, 1.807) is 29.2 Å². The van der Waals surface area contributed by atoms with Crippen LogP contribution in [0.5, 0.6) is 0 Å². The van der Waals surface area contributed by atoms with Crippen LogP contribution in [0.4, 0.5) is 10.5 Å². The number of halogens is 1. The normalized spacial score (nSPS) is 15.1. The number of ketones is 1. The number of para-hydroxylation sites is 1. The molecule has 2 aromatic rings. The Morgan fingerprint density at radius 3 is 2.21 bits per heavy atom. The monoisotopic (exact) mass is 342 g/mol. The summed E-state index contributed by atoms with van der Waals surface area (Å²) >= 11 is 5.86. The second-order valence-electron chi connectivity index (χ2n) is 5.93. The zero-order chi connectivity index (χ0) is 16.9. The van der Waals surface area contributed by atoms with Crippen molar-refractivity contribution >= 4 is 29.1 Å². The van der Waals surface area contributed by atoms with Gasteiger partial charge in [0, 0.05) is 35.3 Å². The van der Waals surface area contributed by atoms with Gasteiger partial charge in [-0.05, 0) is 49.2 Å². The lowest BCUT2D eigenvalue weighted by Crippen LogP contribution is -2.42. The molecule has 3 rings (SSSR count). The van der Waals surface area contributed by atoms with E-state index in [1.165, 1.54) is 0 Å². The van der Waals surface area contributed by atoms with Crippen LogP contribution in [-0.2, 0) is 0 Å². The van der Waals surface area contributed by atoms with Crippen molar-refractivity contribution < 1.29 is 9.59 Å². The average Bonchev–Trinajstić information content (AvgIpc) is 2.63. The zero-order valence-corrected chi connectivity index (χ0v) is 14.0. The van der Waals surface area contributed by atoms with E-state index in [1.807, 2.05) is 30.3 Å². The highest BCUT2D eigenvalue weighted by Crippen LogP contribution is 2.23. The molecule has 0 spiro atoms. The first-order chi connectivity index (χ1) is 11.6. The predicted octanol–water partition coefficient (Wildman–Crippen LogP) is 4.47. The van der Waals surface area contributed by atoms with Gasteiger partial charge in [-0.2, -0.15) is 0 Å². The van der Waals surface area contributed by atoms with E-state index in [0.717, 1.165) is 5.69 Å². The van der Waals surface area contributed by atoms with Crippen LogP contribution in [0.3, 0.4) is 0 Å². The zero-order valence-electron chi connectivity index (χ0n) is 13.2. The number of benzene rings is 2. The Morgan fingerprint density at radius 2 is 1.58 bits per heavy atom. The first-order valence-corrected chi connectivity index (χ1v) is 8.42. The third kappa shape index (κ3) is 3.95. The molecule has 1 fully saturated rings. The SMILES string of the molecule is O=C(c1ccc(Cl)cc1)C1CCN(C(=O)Nc2ccccc2)CC1. The number of hydrogen-bond acceptors (Lipinski definition) is 2. The van der Waals surface area contributed by atoms with Crippen LogP contribution < -0.4 is 5.32 Å². The summed E-state index contributed by atoms with van der Waals surface area (Å²) < 4.78 is 0. The fourth-order valence-corrected chi connectivity index (χ4v) is 3.04. The van der Waals surface area contributed by atoms with Gasteiger partial charge in [0.2, 0.25) is 0 Å². The van der Waals surface area contributed by atoms with Gasteiger partial charge in [0.25, 0.3) is 0 Å². The van der Waals surface area contributed by atoms with E-state index in [9.17, 15) is 9.59 Å². The van der Waals surface area contributed by atoms with Crippen molar-refractivity contribution in [3.63, 3.8) is 0 Å². The maximum atomic E-state index is 12.5. The number of carbonyl (C=O) groups is 2. The number of urea groups is 1. The van der Waals surface area contributed by atoms with Gasteiger partial charge in [0.1, 0.15) is 0 Å². The number of anilines is 1. The molecule has 1 heterocycles. The molecule has 1 aliphatic rings. The van der Waals surface area contributed by atoms with Crippen LogP contribution in [0, 0.1) is 5.92 Å². The number of amides is 2. The number of Topliss-reactive ketones (excluding diaryl/α,β-unsaturated/α-hetero) is 1. The third-order valence-electron chi connectivity index (χ3n) is 4.31. The van der Waals surface area contributed by atoms with Crippen molar-refractivity contribution in [1.82, 2.24) is 4.90 Å². The maximum Gasteiger partial charge on any atom is 0.321 e. The van der Waals surface area contributed by atoms with Gasteiger partial charge < -0.3 is 10.2 Å². The predicted molar refractivity (Wildman–Crippen MR) is 95.5 cm³/mol. The van der Waals surface area contributed by atoms with E-state index in [4.69, 9.17) is 11.6 Å². The van der Waals surface area contributed by atoms with Gasteiger partial charge in [-0.25, -0.2) is 4.79 Å². The van der Waals surface area contributed by atoms with Crippen LogP contribution >= 0.6 is 11.6 Å². The highest BCUT2D eigenvalue weighted by atomic mass is 35.5. The van der Waals surface area contributed by atoms with Crippen LogP contribution in [0.2, 0.25) is 5.02 Å². The lowest BCUT2D eigenvalue weighted by atomic mass is 9.89. The van der Waals surface area contributed by atoms with E-state index < -0.39 is 0 Å². The fourth-order valence-electron chi connectivity index (χ4n) is 2.92. The number of nitrogens with zero attached hydrogens (tertiary/aromatic N) is 1. The van der Waals surface area contributed by atoms with E-state index >= 15 is 0 Å². The van der Waals surface area contributed by atoms with Crippen molar-refractivity contribution in [3.05, 3.63) is 65.2 Å². The summed E-state index contributed by atoms with van der Waals surface area (Å²) in [5, 5.41) is 3.51. The minimum absolute atomic E-state index is 0.0352. The van der Waals surface area contributed by atoms with Crippen LogP contribution in [0.1, 0.15) is 23.2 Å². The van der Waals surface area contributed by atoms with Gasteiger partial charge in [-0.15, -0.1) is 0 Å². The standard InChI is InChI=1S/C19H19ClN2O2/c20-16-8-6-14(7-9-16)18(23)15-10-12-22(13-11-15)19(24)21-17-4-2-1-3-5-17/h1-9,15H,10-13H2,(H,21,24). The topological polar surface area (TPSA) is 49.4 Å². The Balaban J connectivity index is 1.54. The molecule has 0 radical (unpaired) electrons. The Kier molecular flexibility index (Phi) is 5.16. The molecule has 2 aromatic carbocycles. The van der Waals surface area contributed by atoms with Gasteiger partial charge >= 0.3 is 6.03 Å². The van der Waals surface area contributed by atoms with Gasteiger partial charge in [0.15, 0.2) is 5.78 Å². The molecule has 0 aromatic heterocycles. The minimum Gasteiger partial charge on any atom is -0.324 e. The molecule has 0 saturated carbocycles. The summed E-state index contributed by atoms with van der Waals surface area (Å²) in [6.07, 6.45) is 1.37. The molecular formula is C19H19ClN2O2. The minimum atomic E-state index is -0.112. The molecule has 24 heavy (non-hydrogen) atoms. The number of likely N-dealkylation sites (tertiary alicyclic amines) is 1. The number of nitrogens with one attached hydrogen (secondary N) is 1. The maximum absolute atomic E-state index is 12.5. The molecule has 5 heteroatoms. The number of hydrogen-bond donors (Lipinski definition) is 1. The van der Waals surface area contributed by atoms with Gasteiger partial charge in [0.05, 0.1) is 0 Å². The van der Waals surface area contributed by atoms with E-state index in [2.05, 4.69) is 5.32 Å². The molecule has 0 unspecified atom stereocenters. The lowest BCUT2D eigenvalue weighted by Gasteiger charge is -2.31. The van der Waals surface area contributed by atoms with E-state index in [0.29, 0.717) is 36.5 Å². The van der Waals surface area contributed by atoms with Crippen molar-refractivity contribution in [1.29, 1.82) is 0 Å². The molecule has 4 nitrogen and oxygen atoms in total. The summed E-state index contributed by atoms with van der Waals surface area (Å²) in [5.74, 6) is 0.0988. The molecule has 124 valence electrons. The largest absolute Gasteiger partial charge is 0.324 e. The summed E-state index contributed by atoms with van der Waals surface area (Å²) in [5.41, 5.74) is 1.47. The Morgan fingerprint density at radius 1 is 0.958 bits per heavy atom. The summed E-state index contributed by atoms with van der Waals surface area (Å²) in [6.45, 7) is 1.17. The van der Waals surface area contributed by atoms with Crippen molar-refractivity contribution in [2.45, 2.75) is 12.8 Å². The lowest BCUT2D eigenvalue weighted by molar-refractivity contribution is 0.0859. The second-order valence-corrected chi connectivity index (χ2v) is 6.37. The number of carbonyl (C=O) groups excluding carboxylic acids is 2. The van der Waals surface area contributed by atoms with Crippen molar-refractivity contribution in [2.24, 2.45) is 5.92 Å². The quantitative estimate of drug-likeness (QED) is 0.837. The average molecular weight is 343 g/mol.